The highest BCUT2D eigenvalue weighted by Gasteiger charge is 2.13. The summed E-state index contributed by atoms with van der Waals surface area (Å²) in [4.78, 5) is 12.7. The van der Waals surface area contributed by atoms with Crippen LogP contribution in [0, 0.1) is 10.1 Å². The smallest absolute Gasteiger partial charge is 0.270 e. The summed E-state index contributed by atoms with van der Waals surface area (Å²) in [5.41, 5.74) is 5.13. The number of hydrogen-bond acceptors (Lipinski definition) is 5. The lowest BCUT2D eigenvalue weighted by molar-refractivity contribution is -0.384. The van der Waals surface area contributed by atoms with Gasteiger partial charge in [-0.2, -0.15) is 5.10 Å². The largest absolute Gasteiger partial charge is 0.372 e. The van der Waals surface area contributed by atoms with Crippen LogP contribution in [0.3, 0.4) is 0 Å². The summed E-state index contributed by atoms with van der Waals surface area (Å²) in [6.45, 7) is 5.64. The first kappa shape index (κ1) is 19.3. The molecule has 0 spiro atoms. The number of nitrogens with one attached hydrogen (secondary N) is 2. The van der Waals surface area contributed by atoms with E-state index < -0.39 is 4.92 Å². The zero-order valence-electron chi connectivity index (χ0n) is 14.7. The van der Waals surface area contributed by atoms with Gasteiger partial charge in [-0.3, -0.25) is 15.5 Å². The van der Waals surface area contributed by atoms with Gasteiger partial charge in [-0.15, -0.1) is 0 Å². The van der Waals surface area contributed by atoms with E-state index in [1.807, 2.05) is 44.2 Å². The van der Waals surface area contributed by atoms with Crippen LogP contribution < -0.4 is 15.6 Å². The van der Waals surface area contributed by atoms with Crippen LogP contribution >= 0.6 is 12.2 Å². The molecule has 0 fully saturated rings. The van der Waals surface area contributed by atoms with E-state index in [0.717, 1.165) is 24.5 Å². The Bertz CT molecular complexity index is 791. The second-order valence-corrected chi connectivity index (χ2v) is 5.77. The molecule has 7 nitrogen and oxygen atoms in total. The normalized spacial score (nSPS) is 10.5. The molecule has 2 rings (SSSR count). The molecule has 2 aromatic carbocycles. The Balaban J connectivity index is 2.15. The first-order valence-corrected chi connectivity index (χ1v) is 8.64. The second kappa shape index (κ2) is 9.47. The number of thiocarbonyl (C=S) groups is 1. The Morgan fingerprint density at radius 3 is 2.54 bits per heavy atom. The zero-order valence-corrected chi connectivity index (χ0v) is 15.5. The van der Waals surface area contributed by atoms with Crippen molar-refractivity contribution in [2.45, 2.75) is 13.8 Å². The van der Waals surface area contributed by atoms with Crippen molar-refractivity contribution < 1.29 is 4.92 Å². The Morgan fingerprint density at radius 2 is 1.92 bits per heavy atom. The predicted octanol–water partition coefficient (Wildman–Crippen LogP) is 3.76. The minimum atomic E-state index is -0.418. The number of nitro groups is 1. The molecular weight excluding hydrogens is 350 g/mol. The van der Waals surface area contributed by atoms with E-state index in [-0.39, 0.29) is 5.69 Å². The average molecular weight is 371 g/mol. The van der Waals surface area contributed by atoms with E-state index in [2.05, 4.69) is 20.7 Å². The van der Waals surface area contributed by atoms with Crippen molar-refractivity contribution in [1.29, 1.82) is 0 Å². The van der Waals surface area contributed by atoms with E-state index in [9.17, 15) is 10.1 Å². The van der Waals surface area contributed by atoms with E-state index >= 15 is 0 Å². The van der Waals surface area contributed by atoms with Crippen LogP contribution in [0.15, 0.2) is 53.6 Å². The molecule has 0 amide bonds. The monoisotopic (exact) mass is 371 g/mol. The molecule has 2 aromatic rings. The van der Waals surface area contributed by atoms with Gasteiger partial charge in [0.2, 0.25) is 0 Å². The maximum absolute atomic E-state index is 11.1. The lowest BCUT2D eigenvalue weighted by Crippen LogP contribution is -2.25. The molecule has 0 heterocycles. The van der Waals surface area contributed by atoms with Crippen molar-refractivity contribution >= 4 is 40.6 Å². The predicted molar refractivity (Wildman–Crippen MR) is 110 cm³/mol. The fourth-order valence-electron chi connectivity index (χ4n) is 2.45. The number of hydrazone groups is 1. The van der Waals surface area contributed by atoms with Crippen LogP contribution in [0.2, 0.25) is 0 Å². The minimum absolute atomic E-state index is 0.0207. The first-order chi connectivity index (χ1) is 12.5. The standard InChI is InChI=1S/C18H21N5O2S/c1-3-22(4-2)17-11-10-16(23(24)25)12-14(17)13-19-21-18(26)20-15-8-6-5-7-9-15/h5-13H,3-4H2,1-2H3,(H2,20,21,26)/b19-13+. The average Bonchev–Trinajstić information content (AvgIpc) is 2.64. The summed E-state index contributed by atoms with van der Waals surface area (Å²) < 4.78 is 0. The van der Waals surface area contributed by atoms with Crippen LogP contribution in [0.1, 0.15) is 19.4 Å². The van der Waals surface area contributed by atoms with E-state index in [4.69, 9.17) is 12.2 Å². The van der Waals surface area contributed by atoms with Gasteiger partial charge in [-0.25, -0.2) is 0 Å². The molecular formula is C18H21N5O2S. The van der Waals surface area contributed by atoms with Crippen molar-refractivity contribution in [3.05, 3.63) is 64.2 Å². The summed E-state index contributed by atoms with van der Waals surface area (Å²) in [6, 6.07) is 14.2. The van der Waals surface area contributed by atoms with Gasteiger partial charge >= 0.3 is 0 Å². The molecule has 136 valence electrons. The van der Waals surface area contributed by atoms with Crippen molar-refractivity contribution in [3.63, 3.8) is 0 Å². The van der Waals surface area contributed by atoms with E-state index in [0.29, 0.717) is 10.7 Å². The molecule has 0 bridgehead atoms. The van der Waals surface area contributed by atoms with Gasteiger partial charge in [0, 0.05) is 42.2 Å². The number of nitro benzene ring substituents is 1. The highest BCUT2D eigenvalue weighted by Crippen LogP contribution is 2.24. The van der Waals surface area contributed by atoms with Crippen molar-refractivity contribution in [1.82, 2.24) is 5.43 Å². The summed E-state index contributed by atoms with van der Waals surface area (Å²) >= 11 is 5.19. The quantitative estimate of drug-likeness (QED) is 0.334. The van der Waals surface area contributed by atoms with E-state index in [1.54, 1.807) is 12.3 Å². The first-order valence-electron chi connectivity index (χ1n) is 8.23. The highest BCUT2D eigenvalue weighted by atomic mass is 32.1. The van der Waals surface area contributed by atoms with Crippen LogP contribution in [-0.2, 0) is 0 Å². The van der Waals surface area contributed by atoms with Gasteiger partial charge in [0.05, 0.1) is 11.1 Å². The fourth-order valence-corrected chi connectivity index (χ4v) is 2.62. The molecule has 8 heteroatoms. The molecule has 0 saturated carbocycles. The zero-order chi connectivity index (χ0) is 18.9. The Hall–Kier alpha value is -3.00. The van der Waals surface area contributed by atoms with Crippen LogP contribution in [0.5, 0.6) is 0 Å². The molecule has 2 N–H and O–H groups in total. The molecule has 26 heavy (non-hydrogen) atoms. The summed E-state index contributed by atoms with van der Waals surface area (Å²) in [6.07, 6.45) is 1.54. The maximum Gasteiger partial charge on any atom is 0.270 e. The molecule has 0 aromatic heterocycles. The minimum Gasteiger partial charge on any atom is -0.372 e. The van der Waals surface area contributed by atoms with Crippen molar-refractivity contribution in [2.75, 3.05) is 23.3 Å². The number of hydrogen-bond donors (Lipinski definition) is 2. The number of para-hydroxylation sites is 1. The number of anilines is 2. The van der Waals surface area contributed by atoms with Crippen LogP contribution in [0.4, 0.5) is 17.1 Å². The van der Waals surface area contributed by atoms with Crippen molar-refractivity contribution in [3.8, 4) is 0 Å². The summed E-state index contributed by atoms with van der Waals surface area (Å²) in [5, 5.41) is 18.5. The summed E-state index contributed by atoms with van der Waals surface area (Å²) in [7, 11) is 0. The topological polar surface area (TPSA) is 82.8 Å². The van der Waals surface area contributed by atoms with Crippen molar-refractivity contribution in [2.24, 2.45) is 5.10 Å². The molecule has 0 saturated heterocycles. The lowest BCUT2D eigenvalue weighted by Gasteiger charge is -2.22. The molecule has 0 unspecified atom stereocenters. The second-order valence-electron chi connectivity index (χ2n) is 5.36. The Kier molecular flexibility index (Phi) is 7.04. The maximum atomic E-state index is 11.1. The molecule has 0 atom stereocenters. The Morgan fingerprint density at radius 1 is 1.23 bits per heavy atom. The molecule has 0 radical (unpaired) electrons. The van der Waals surface area contributed by atoms with Gasteiger partial charge in [-0.1, -0.05) is 18.2 Å². The SMILES string of the molecule is CCN(CC)c1ccc([N+](=O)[O-])cc1/C=N/NC(=S)Nc1ccccc1. The van der Waals surface area contributed by atoms with Gasteiger partial charge in [-0.05, 0) is 44.3 Å². The van der Waals surface area contributed by atoms with Crippen LogP contribution in [0.25, 0.3) is 0 Å². The molecule has 0 aliphatic rings. The van der Waals surface area contributed by atoms with Gasteiger partial charge in [0.1, 0.15) is 0 Å². The van der Waals surface area contributed by atoms with Gasteiger partial charge in [0.15, 0.2) is 5.11 Å². The number of rotatable bonds is 7. The lowest BCUT2D eigenvalue weighted by atomic mass is 10.1. The molecule has 0 aliphatic heterocycles. The number of non-ortho nitro benzene ring substituents is 1. The Labute approximate surface area is 157 Å². The van der Waals surface area contributed by atoms with Gasteiger partial charge in [0.25, 0.3) is 5.69 Å². The third-order valence-electron chi connectivity index (χ3n) is 3.73. The third-order valence-corrected chi connectivity index (χ3v) is 3.92. The highest BCUT2D eigenvalue weighted by molar-refractivity contribution is 7.80. The van der Waals surface area contributed by atoms with Crippen LogP contribution in [-0.4, -0.2) is 29.3 Å². The number of nitrogens with zero attached hydrogens (tertiary/aromatic N) is 3. The number of benzene rings is 2. The molecule has 0 aliphatic carbocycles. The summed E-state index contributed by atoms with van der Waals surface area (Å²) in [5.74, 6) is 0. The fraction of sp³-hybridized carbons (Fsp3) is 0.222. The van der Waals surface area contributed by atoms with E-state index in [1.165, 1.54) is 12.1 Å². The third kappa shape index (κ3) is 5.25. The van der Waals surface area contributed by atoms with Gasteiger partial charge < -0.3 is 10.2 Å².